The number of aryl methyl sites for hydroxylation is 1. The van der Waals surface area contributed by atoms with E-state index in [0.29, 0.717) is 0 Å². The molecule has 0 bridgehead atoms. The summed E-state index contributed by atoms with van der Waals surface area (Å²) >= 11 is 0. The average molecular weight is 412 g/mol. The van der Waals surface area contributed by atoms with Gasteiger partial charge in [-0.15, -0.1) is 0 Å². The summed E-state index contributed by atoms with van der Waals surface area (Å²) < 4.78 is 2.41. The van der Waals surface area contributed by atoms with E-state index in [2.05, 4.69) is 102 Å². The van der Waals surface area contributed by atoms with E-state index in [0.717, 1.165) is 13.1 Å². The molecule has 0 aliphatic carbocycles. The van der Waals surface area contributed by atoms with Crippen LogP contribution >= 0.6 is 0 Å². The van der Waals surface area contributed by atoms with Crippen molar-refractivity contribution in [1.82, 2.24) is 0 Å². The Hall–Kier alpha value is -2.87. The molecule has 2 nitrogen and oxygen atoms in total. The number of anilines is 1. The minimum atomic E-state index is 1.08. The van der Waals surface area contributed by atoms with Crippen LogP contribution in [0.2, 0.25) is 0 Å². The average Bonchev–Trinajstić information content (AvgIpc) is 2.82. The first-order valence-corrected chi connectivity index (χ1v) is 12.0. The molecule has 0 atom stereocenters. The van der Waals surface area contributed by atoms with Crippen molar-refractivity contribution in [3.8, 4) is 0 Å². The van der Waals surface area contributed by atoms with E-state index in [1.165, 1.54) is 71.8 Å². The predicted molar refractivity (Wildman–Crippen MR) is 134 cm³/mol. The zero-order valence-corrected chi connectivity index (χ0v) is 19.1. The van der Waals surface area contributed by atoms with Crippen molar-refractivity contribution in [1.29, 1.82) is 0 Å². The van der Waals surface area contributed by atoms with Crippen molar-refractivity contribution in [3.63, 3.8) is 0 Å². The number of fused-ring (bicyclic) bond motifs is 2. The van der Waals surface area contributed by atoms with E-state index in [9.17, 15) is 0 Å². The summed E-state index contributed by atoms with van der Waals surface area (Å²) in [6, 6.07) is 19.9. The highest BCUT2D eigenvalue weighted by Crippen LogP contribution is 2.34. The summed E-state index contributed by atoms with van der Waals surface area (Å²) in [7, 11) is 0. The second-order valence-corrected chi connectivity index (χ2v) is 8.52. The van der Waals surface area contributed by atoms with E-state index < -0.39 is 0 Å². The number of benzene rings is 2. The Kier molecular flexibility index (Phi) is 7.19. The van der Waals surface area contributed by atoms with Gasteiger partial charge in [0.15, 0.2) is 6.20 Å². The predicted octanol–water partition coefficient (Wildman–Crippen LogP) is 7.38. The topological polar surface area (TPSA) is 7.12 Å². The number of allylic oxidation sites excluding steroid dienone is 2. The molecule has 0 unspecified atom stereocenters. The van der Waals surface area contributed by atoms with Gasteiger partial charge in [-0.2, -0.15) is 4.57 Å². The lowest BCUT2D eigenvalue weighted by Gasteiger charge is -2.27. The molecule has 1 aromatic heterocycles. The molecule has 2 heteroatoms. The Balaban J connectivity index is 1.69. The summed E-state index contributed by atoms with van der Waals surface area (Å²) in [5, 5.41) is 1.32. The fourth-order valence-electron chi connectivity index (χ4n) is 4.49. The smallest absolute Gasteiger partial charge is 0.213 e. The lowest BCUT2D eigenvalue weighted by atomic mass is 9.96. The quantitative estimate of drug-likeness (QED) is 0.263. The molecular weight excluding hydrogens is 376 g/mol. The van der Waals surface area contributed by atoms with Crippen molar-refractivity contribution in [2.45, 2.75) is 58.9 Å². The van der Waals surface area contributed by atoms with Crippen LogP contribution in [0.5, 0.6) is 0 Å². The van der Waals surface area contributed by atoms with Crippen LogP contribution in [0.15, 0.2) is 73.1 Å². The van der Waals surface area contributed by atoms with E-state index in [1.54, 1.807) is 0 Å². The monoisotopic (exact) mass is 411 g/mol. The molecular formula is C29H35N2+. The molecule has 3 aromatic rings. The number of nitrogens with zero attached hydrogens (tertiary/aromatic N) is 2. The van der Waals surface area contributed by atoms with Gasteiger partial charge in [-0.1, -0.05) is 63.4 Å². The van der Waals surface area contributed by atoms with Crippen molar-refractivity contribution < 1.29 is 4.57 Å². The van der Waals surface area contributed by atoms with Crippen LogP contribution in [-0.4, -0.2) is 6.54 Å². The van der Waals surface area contributed by atoms with Gasteiger partial charge in [0, 0.05) is 42.5 Å². The number of aromatic nitrogens is 1. The standard InChI is InChI=1S/C29H35N2/c1-3-5-11-19-30-21-17-24(26-13-7-9-15-28(26)30)23-25-18-22-31(20-12-6-4-2)29-16-10-8-14-27(25)29/h7-10,13-18,21-23H,3-6,11-12,19-20H2,1-2H3/q+1. The largest absolute Gasteiger partial charge is 0.347 e. The molecule has 0 saturated carbocycles. The first-order valence-electron chi connectivity index (χ1n) is 12.0. The van der Waals surface area contributed by atoms with Gasteiger partial charge in [0.25, 0.3) is 0 Å². The molecule has 1 aliphatic heterocycles. The molecule has 31 heavy (non-hydrogen) atoms. The second kappa shape index (κ2) is 10.4. The van der Waals surface area contributed by atoms with E-state index in [1.807, 2.05) is 0 Å². The van der Waals surface area contributed by atoms with Crippen molar-refractivity contribution in [2.24, 2.45) is 0 Å². The molecule has 0 fully saturated rings. The third kappa shape index (κ3) is 4.90. The fraction of sp³-hybridized carbons (Fsp3) is 0.345. The first-order chi connectivity index (χ1) is 15.3. The van der Waals surface area contributed by atoms with Gasteiger partial charge in [0.05, 0.1) is 5.39 Å². The third-order valence-corrected chi connectivity index (χ3v) is 6.23. The van der Waals surface area contributed by atoms with Crippen LogP contribution in [0.1, 0.15) is 63.5 Å². The van der Waals surface area contributed by atoms with E-state index in [4.69, 9.17) is 0 Å². The third-order valence-electron chi connectivity index (χ3n) is 6.23. The summed E-state index contributed by atoms with van der Waals surface area (Å²) in [4.78, 5) is 2.41. The summed E-state index contributed by atoms with van der Waals surface area (Å²) in [5.74, 6) is 0. The lowest BCUT2D eigenvalue weighted by molar-refractivity contribution is -0.671. The molecule has 0 amide bonds. The highest BCUT2D eigenvalue weighted by atomic mass is 15.1. The summed E-state index contributed by atoms with van der Waals surface area (Å²) in [6.07, 6.45) is 16.7. The molecule has 0 saturated heterocycles. The lowest BCUT2D eigenvalue weighted by Crippen LogP contribution is -2.34. The van der Waals surface area contributed by atoms with Gasteiger partial charge < -0.3 is 4.90 Å². The van der Waals surface area contributed by atoms with E-state index in [-0.39, 0.29) is 0 Å². The molecule has 2 heterocycles. The van der Waals surface area contributed by atoms with Gasteiger partial charge in [0.2, 0.25) is 5.52 Å². The normalized spacial score (nSPS) is 14.4. The number of hydrogen-bond acceptors (Lipinski definition) is 1. The van der Waals surface area contributed by atoms with Crippen LogP contribution < -0.4 is 9.47 Å². The van der Waals surface area contributed by atoms with Crippen LogP contribution in [0, 0.1) is 0 Å². The maximum atomic E-state index is 2.41. The van der Waals surface area contributed by atoms with Gasteiger partial charge in [-0.25, -0.2) is 0 Å². The molecule has 2 aromatic carbocycles. The molecule has 4 rings (SSSR count). The molecule has 1 aliphatic rings. The molecule has 160 valence electrons. The fourth-order valence-corrected chi connectivity index (χ4v) is 4.49. The number of rotatable bonds is 9. The van der Waals surface area contributed by atoms with Gasteiger partial charge >= 0.3 is 0 Å². The minimum absolute atomic E-state index is 1.08. The Morgan fingerprint density at radius 3 is 2.48 bits per heavy atom. The number of para-hydroxylation sites is 2. The second-order valence-electron chi connectivity index (χ2n) is 8.52. The summed E-state index contributed by atoms with van der Waals surface area (Å²) in [5.41, 5.74) is 6.54. The van der Waals surface area contributed by atoms with E-state index >= 15 is 0 Å². The maximum Gasteiger partial charge on any atom is 0.213 e. The Labute approximate surface area is 187 Å². The zero-order valence-electron chi connectivity index (χ0n) is 19.1. The van der Waals surface area contributed by atoms with Gasteiger partial charge in [-0.3, -0.25) is 0 Å². The Morgan fingerprint density at radius 2 is 1.61 bits per heavy atom. The first kappa shape index (κ1) is 21.4. The Bertz CT molecular complexity index is 1080. The van der Waals surface area contributed by atoms with Gasteiger partial charge in [0.1, 0.15) is 6.54 Å². The summed E-state index contributed by atoms with van der Waals surface area (Å²) in [6.45, 7) is 6.69. The number of pyridine rings is 1. The van der Waals surface area contributed by atoms with Crippen LogP contribution in [0.3, 0.4) is 0 Å². The zero-order chi connectivity index (χ0) is 21.5. The van der Waals surface area contributed by atoms with Crippen molar-refractivity contribution in [3.05, 3.63) is 84.2 Å². The highest BCUT2D eigenvalue weighted by Gasteiger charge is 2.17. The SMILES string of the molecule is CCCCCN1C=CC(=Cc2cc[n+](CCCCC)c3ccccc23)c2ccccc21. The van der Waals surface area contributed by atoms with Crippen molar-refractivity contribution >= 4 is 28.2 Å². The Morgan fingerprint density at radius 1 is 0.839 bits per heavy atom. The van der Waals surface area contributed by atoms with Crippen LogP contribution in [0.4, 0.5) is 5.69 Å². The minimum Gasteiger partial charge on any atom is -0.347 e. The maximum absolute atomic E-state index is 2.41. The van der Waals surface area contributed by atoms with Gasteiger partial charge in [-0.05, 0) is 48.3 Å². The van der Waals surface area contributed by atoms with Crippen LogP contribution in [-0.2, 0) is 6.54 Å². The molecule has 0 N–H and O–H groups in total. The molecule has 0 spiro atoms. The molecule has 0 radical (unpaired) electrons. The highest BCUT2D eigenvalue weighted by molar-refractivity contribution is 5.99. The number of unbranched alkanes of at least 4 members (excludes halogenated alkanes) is 4. The van der Waals surface area contributed by atoms with Crippen molar-refractivity contribution in [2.75, 3.05) is 11.4 Å². The number of hydrogen-bond donors (Lipinski definition) is 0. The van der Waals surface area contributed by atoms with Crippen LogP contribution in [0.25, 0.3) is 22.6 Å².